The van der Waals surface area contributed by atoms with Gasteiger partial charge in [-0.1, -0.05) is 32.4 Å². The van der Waals surface area contributed by atoms with Gasteiger partial charge >= 0.3 is 0 Å². The summed E-state index contributed by atoms with van der Waals surface area (Å²) in [4.78, 5) is 11.0. The normalized spacial score (nSPS) is 11.8. The highest BCUT2D eigenvalue weighted by molar-refractivity contribution is 14.1. The highest BCUT2D eigenvalue weighted by Crippen LogP contribution is 2.34. The maximum atomic E-state index is 6.01. The molecule has 0 N–H and O–H groups in total. The Morgan fingerprint density at radius 1 is 1.29 bits per heavy atom. The highest BCUT2D eigenvalue weighted by atomic mass is 127. The van der Waals surface area contributed by atoms with Crippen LogP contribution in [0, 0.1) is 3.57 Å². The van der Waals surface area contributed by atoms with E-state index in [9.17, 15) is 0 Å². The number of hydrogen-bond donors (Lipinski definition) is 0. The van der Waals surface area contributed by atoms with Gasteiger partial charge in [-0.25, -0.2) is 9.97 Å². The van der Waals surface area contributed by atoms with Gasteiger partial charge in [0.2, 0.25) is 0 Å². The van der Waals surface area contributed by atoms with E-state index < -0.39 is 0 Å². The molecule has 2 aromatic rings. The minimum atomic E-state index is 0.163. The number of aromatic nitrogens is 2. The van der Waals surface area contributed by atoms with E-state index in [2.05, 4.69) is 65.5 Å². The topological polar surface area (TPSA) is 25.8 Å². The molecule has 0 aliphatic rings. The third-order valence-corrected chi connectivity index (χ3v) is 5.17. The van der Waals surface area contributed by atoms with Gasteiger partial charge in [0.05, 0.1) is 8.45 Å². The van der Waals surface area contributed by atoms with E-state index in [4.69, 9.17) is 11.6 Å². The number of nitrogens with zero attached hydrogens (tertiary/aromatic N) is 2. The zero-order valence-corrected chi connectivity index (χ0v) is 13.5. The first-order valence-corrected chi connectivity index (χ1v) is 7.44. The van der Waals surface area contributed by atoms with Crippen molar-refractivity contribution < 1.29 is 0 Å². The van der Waals surface area contributed by atoms with Crippen molar-refractivity contribution in [3.05, 3.63) is 31.9 Å². The fraction of sp³-hybridized carbons (Fsp3) is 0.333. The minimum Gasteiger partial charge on any atom is -0.235 e. The van der Waals surface area contributed by atoms with Crippen LogP contribution < -0.4 is 0 Å². The van der Waals surface area contributed by atoms with Gasteiger partial charge in [-0.2, -0.15) is 0 Å². The lowest BCUT2D eigenvalue weighted by atomic mass is 9.95. The van der Waals surface area contributed by atoms with E-state index in [-0.39, 0.29) is 5.41 Å². The summed E-state index contributed by atoms with van der Waals surface area (Å²) in [6.07, 6.45) is 1.75. The van der Waals surface area contributed by atoms with E-state index in [1.165, 1.54) is 4.88 Å². The third-order valence-electron chi connectivity index (χ3n) is 2.27. The average Bonchev–Trinajstić information content (AvgIpc) is 2.70. The maximum absolute atomic E-state index is 6.01. The first-order chi connectivity index (χ1) is 7.88. The second-order valence-corrected chi connectivity index (χ2v) is 7.35. The highest BCUT2D eigenvalue weighted by Gasteiger charge is 2.17. The van der Waals surface area contributed by atoms with Gasteiger partial charge in [0.1, 0.15) is 5.15 Å². The van der Waals surface area contributed by atoms with Crippen molar-refractivity contribution in [3.8, 4) is 10.7 Å². The van der Waals surface area contributed by atoms with Gasteiger partial charge in [0.25, 0.3) is 0 Å². The Morgan fingerprint density at radius 3 is 2.53 bits per heavy atom. The molecule has 90 valence electrons. The fourth-order valence-electron chi connectivity index (χ4n) is 1.33. The Kier molecular flexibility index (Phi) is 3.75. The van der Waals surface area contributed by atoms with Gasteiger partial charge < -0.3 is 0 Å². The largest absolute Gasteiger partial charge is 0.235 e. The first kappa shape index (κ1) is 13.2. The van der Waals surface area contributed by atoms with Crippen LogP contribution in [0.1, 0.15) is 25.6 Å². The second-order valence-electron chi connectivity index (χ2n) is 4.75. The maximum Gasteiger partial charge on any atom is 0.171 e. The monoisotopic (exact) mass is 378 g/mol. The van der Waals surface area contributed by atoms with Crippen LogP contribution in [0.4, 0.5) is 0 Å². The predicted molar refractivity (Wildman–Crippen MR) is 81.8 cm³/mol. The molecule has 0 saturated heterocycles. The van der Waals surface area contributed by atoms with Gasteiger partial charge in [-0.15, -0.1) is 11.3 Å². The average molecular weight is 379 g/mol. The molecule has 0 saturated carbocycles. The van der Waals surface area contributed by atoms with Gasteiger partial charge in [-0.05, 0) is 40.1 Å². The van der Waals surface area contributed by atoms with Crippen LogP contribution in [0.25, 0.3) is 10.7 Å². The lowest BCUT2D eigenvalue weighted by molar-refractivity contribution is 0.604. The Labute approximate surface area is 124 Å². The van der Waals surface area contributed by atoms with Crippen molar-refractivity contribution in [2.24, 2.45) is 0 Å². The number of halogens is 2. The summed E-state index contributed by atoms with van der Waals surface area (Å²) in [5.41, 5.74) is 0.163. The summed E-state index contributed by atoms with van der Waals surface area (Å²) >= 11 is 9.85. The van der Waals surface area contributed by atoms with Crippen LogP contribution in [0.15, 0.2) is 18.3 Å². The summed E-state index contributed by atoms with van der Waals surface area (Å²) < 4.78 is 0.876. The Bertz CT molecular complexity index is 546. The molecule has 0 aromatic carbocycles. The SMILES string of the molecule is CC(C)(C)c1ccc(-c2ncc(I)c(Cl)n2)s1. The Hall–Kier alpha value is -0.200. The standard InChI is InChI=1S/C12H12ClIN2S/c1-12(2,3)9-5-4-8(17-9)11-15-6-7(14)10(13)16-11/h4-6H,1-3H3. The summed E-state index contributed by atoms with van der Waals surface area (Å²) in [6, 6.07) is 4.19. The molecule has 2 aromatic heterocycles. The van der Waals surface area contributed by atoms with E-state index in [1.54, 1.807) is 17.5 Å². The quantitative estimate of drug-likeness (QED) is 0.528. The van der Waals surface area contributed by atoms with Crippen molar-refractivity contribution in [2.45, 2.75) is 26.2 Å². The van der Waals surface area contributed by atoms with Crippen molar-refractivity contribution in [2.75, 3.05) is 0 Å². The van der Waals surface area contributed by atoms with Crippen LogP contribution in [0.2, 0.25) is 5.15 Å². The molecule has 2 rings (SSSR count). The summed E-state index contributed by atoms with van der Waals surface area (Å²) in [7, 11) is 0. The second kappa shape index (κ2) is 4.82. The number of rotatable bonds is 1. The number of hydrogen-bond acceptors (Lipinski definition) is 3. The molecule has 0 aliphatic carbocycles. The van der Waals surface area contributed by atoms with E-state index in [0.717, 1.165) is 8.45 Å². The van der Waals surface area contributed by atoms with Gasteiger partial charge in [0.15, 0.2) is 5.82 Å². The molecule has 0 unspecified atom stereocenters. The molecule has 0 atom stereocenters. The molecule has 0 aliphatic heterocycles. The first-order valence-electron chi connectivity index (χ1n) is 5.16. The number of thiophene rings is 1. The zero-order chi connectivity index (χ0) is 12.6. The lowest BCUT2D eigenvalue weighted by Gasteiger charge is -2.15. The van der Waals surface area contributed by atoms with Crippen molar-refractivity contribution in [1.29, 1.82) is 0 Å². The molecule has 0 radical (unpaired) electrons. The molecular formula is C12H12ClIN2S. The van der Waals surface area contributed by atoms with Crippen LogP contribution >= 0.6 is 45.5 Å². The Morgan fingerprint density at radius 2 is 2.00 bits per heavy atom. The third kappa shape index (κ3) is 2.98. The van der Waals surface area contributed by atoms with E-state index in [1.807, 2.05) is 0 Å². The van der Waals surface area contributed by atoms with Crippen LogP contribution in [-0.2, 0) is 5.41 Å². The van der Waals surface area contributed by atoms with Crippen molar-refractivity contribution >= 4 is 45.5 Å². The van der Waals surface area contributed by atoms with Gasteiger partial charge in [-0.3, -0.25) is 0 Å². The molecule has 2 nitrogen and oxygen atoms in total. The lowest BCUT2D eigenvalue weighted by Crippen LogP contribution is -2.07. The summed E-state index contributed by atoms with van der Waals surface area (Å²) in [5.74, 6) is 0.705. The predicted octanol–water partition coefficient (Wildman–Crippen LogP) is 4.76. The van der Waals surface area contributed by atoms with Gasteiger partial charge in [0, 0.05) is 11.1 Å². The molecule has 2 heterocycles. The van der Waals surface area contributed by atoms with Crippen LogP contribution in [-0.4, -0.2) is 9.97 Å². The fourth-order valence-corrected chi connectivity index (χ4v) is 2.72. The molecular weight excluding hydrogens is 367 g/mol. The molecule has 5 heteroatoms. The minimum absolute atomic E-state index is 0.163. The van der Waals surface area contributed by atoms with Crippen LogP contribution in [0.3, 0.4) is 0 Å². The van der Waals surface area contributed by atoms with Crippen molar-refractivity contribution in [3.63, 3.8) is 0 Å². The molecule has 0 amide bonds. The van der Waals surface area contributed by atoms with Crippen molar-refractivity contribution in [1.82, 2.24) is 9.97 Å². The van der Waals surface area contributed by atoms with E-state index >= 15 is 0 Å². The molecule has 0 spiro atoms. The molecule has 0 bridgehead atoms. The zero-order valence-electron chi connectivity index (χ0n) is 9.79. The smallest absolute Gasteiger partial charge is 0.171 e. The Balaban J connectivity index is 2.40. The molecule has 17 heavy (non-hydrogen) atoms. The van der Waals surface area contributed by atoms with Crippen LogP contribution in [0.5, 0.6) is 0 Å². The summed E-state index contributed by atoms with van der Waals surface area (Å²) in [6.45, 7) is 6.60. The summed E-state index contributed by atoms with van der Waals surface area (Å²) in [5, 5.41) is 0.515. The molecule has 0 fully saturated rings. The van der Waals surface area contributed by atoms with E-state index in [0.29, 0.717) is 11.0 Å².